The Morgan fingerprint density at radius 1 is 0.667 bits per heavy atom. The Labute approximate surface area is 179 Å². The predicted octanol–water partition coefficient (Wildman–Crippen LogP) is 6.30. The van der Waals surface area contributed by atoms with Crippen molar-refractivity contribution in [1.82, 2.24) is 0 Å². The molecule has 0 bridgehead atoms. The van der Waals surface area contributed by atoms with Gasteiger partial charge in [-0.15, -0.1) is 0 Å². The maximum Gasteiger partial charge on any atom is 0.157 e. The molecule has 0 aliphatic rings. The summed E-state index contributed by atoms with van der Waals surface area (Å²) in [5.41, 5.74) is 2.08. The molecule has 2 rings (SSSR count). The summed E-state index contributed by atoms with van der Waals surface area (Å²) in [6.45, 7) is 0. The zero-order chi connectivity index (χ0) is 19.8. The van der Waals surface area contributed by atoms with E-state index in [-0.39, 0.29) is 0 Å². The Morgan fingerprint density at radius 3 is 1.44 bits per heavy atom. The predicted molar refractivity (Wildman–Crippen MR) is 112 cm³/mol. The second-order valence-corrected chi connectivity index (χ2v) is 7.96. The van der Waals surface area contributed by atoms with Crippen LogP contribution in [0.3, 0.4) is 0 Å². The third-order valence-corrected chi connectivity index (χ3v) is 5.59. The first kappa shape index (κ1) is 22.8. The first-order valence-corrected chi connectivity index (χ1v) is 10.3. The quantitative estimate of drug-likeness (QED) is 0.416. The molecule has 2 unspecified atom stereocenters. The fourth-order valence-electron chi connectivity index (χ4n) is 2.67. The Morgan fingerprint density at radius 2 is 1.07 bits per heavy atom. The van der Waals surface area contributed by atoms with E-state index < -0.39 is 12.6 Å². The lowest BCUT2D eigenvalue weighted by molar-refractivity contribution is -0.211. The van der Waals surface area contributed by atoms with Gasteiger partial charge in [-0.2, -0.15) is 0 Å². The van der Waals surface area contributed by atoms with Crippen LogP contribution in [0.5, 0.6) is 0 Å². The van der Waals surface area contributed by atoms with Gasteiger partial charge in [-0.05, 0) is 73.9 Å². The monoisotopic (exact) mass is 450 g/mol. The molecular formula is C20H22Cl4O3. The molecule has 0 saturated carbocycles. The standard InChI is InChI=1S/C20H22Cl4O3/c21-15-9-7-13(11-17(15)23)3-1-5-19(25)27-20(26)6-2-4-14-8-10-16(22)18(24)12-14/h7-12,19-20,25-26H,1-6H2. The van der Waals surface area contributed by atoms with E-state index in [9.17, 15) is 10.2 Å². The van der Waals surface area contributed by atoms with E-state index in [0.29, 0.717) is 45.8 Å². The highest BCUT2D eigenvalue weighted by Gasteiger charge is 2.12. The molecule has 7 heteroatoms. The first-order chi connectivity index (χ1) is 12.8. The van der Waals surface area contributed by atoms with Crippen LogP contribution in [0, 0.1) is 0 Å². The molecule has 0 radical (unpaired) electrons. The van der Waals surface area contributed by atoms with Gasteiger partial charge in [-0.3, -0.25) is 0 Å². The Kier molecular flexibility index (Phi) is 9.67. The van der Waals surface area contributed by atoms with Gasteiger partial charge >= 0.3 is 0 Å². The summed E-state index contributed by atoms with van der Waals surface area (Å²) in [5, 5.41) is 21.9. The largest absolute Gasteiger partial charge is 0.368 e. The van der Waals surface area contributed by atoms with Gasteiger partial charge in [0.05, 0.1) is 20.1 Å². The minimum atomic E-state index is -1.01. The smallest absolute Gasteiger partial charge is 0.157 e. The number of rotatable bonds is 10. The minimum Gasteiger partial charge on any atom is -0.368 e. The molecule has 0 saturated heterocycles. The van der Waals surface area contributed by atoms with E-state index in [0.717, 1.165) is 24.0 Å². The van der Waals surface area contributed by atoms with E-state index >= 15 is 0 Å². The van der Waals surface area contributed by atoms with E-state index in [4.69, 9.17) is 51.1 Å². The molecule has 3 nitrogen and oxygen atoms in total. The second-order valence-electron chi connectivity index (χ2n) is 6.33. The van der Waals surface area contributed by atoms with Crippen molar-refractivity contribution in [1.29, 1.82) is 0 Å². The third kappa shape index (κ3) is 8.16. The average Bonchev–Trinajstić information content (AvgIpc) is 2.61. The maximum atomic E-state index is 9.92. The van der Waals surface area contributed by atoms with Crippen LogP contribution >= 0.6 is 46.4 Å². The summed E-state index contributed by atoms with van der Waals surface area (Å²) in [6, 6.07) is 10.9. The molecule has 0 heterocycles. The number of aryl methyl sites for hydroxylation is 2. The van der Waals surface area contributed by atoms with E-state index in [2.05, 4.69) is 0 Å². The number of benzene rings is 2. The number of hydrogen-bond donors (Lipinski definition) is 2. The lowest BCUT2D eigenvalue weighted by Gasteiger charge is -2.17. The van der Waals surface area contributed by atoms with Crippen LogP contribution in [-0.4, -0.2) is 22.8 Å². The van der Waals surface area contributed by atoms with Crippen LogP contribution in [0.15, 0.2) is 36.4 Å². The topological polar surface area (TPSA) is 49.7 Å². The van der Waals surface area contributed by atoms with Gasteiger partial charge in [0.25, 0.3) is 0 Å². The molecule has 148 valence electrons. The van der Waals surface area contributed by atoms with E-state index in [1.54, 1.807) is 12.1 Å². The third-order valence-electron chi connectivity index (χ3n) is 4.12. The molecule has 0 amide bonds. The van der Waals surface area contributed by atoms with Crippen molar-refractivity contribution in [3.8, 4) is 0 Å². The summed E-state index contributed by atoms with van der Waals surface area (Å²) in [5.74, 6) is 0. The highest BCUT2D eigenvalue weighted by Crippen LogP contribution is 2.24. The van der Waals surface area contributed by atoms with Crippen molar-refractivity contribution in [3.05, 3.63) is 67.6 Å². The minimum absolute atomic E-state index is 0.421. The van der Waals surface area contributed by atoms with E-state index in [1.165, 1.54) is 0 Å². The lowest BCUT2D eigenvalue weighted by Crippen LogP contribution is -2.22. The molecule has 0 spiro atoms. The summed E-state index contributed by atoms with van der Waals surface area (Å²) in [4.78, 5) is 0. The van der Waals surface area contributed by atoms with Crippen molar-refractivity contribution >= 4 is 46.4 Å². The van der Waals surface area contributed by atoms with E-state index in [1.807, 2.05) is 24.3 Å². The van der Waals surface area contributed by atoms with Crippen LogP contribution in [-0.2, 0) is 17.6 Å². The van der Waals surface area contributed by atoms with Crippen molar-refractivity contribution in [2.24, 2.45) is 0 Å². The van der Waals surface area contributed by atoms with Crippen molar-refractivity contribution < 1.29 is 14.9 Å². The van der Waals surface area contributed by atoms with Crippen molar-refractivity contribution in [2.45, 2.75) is 51.1 Å². The molecule has 0 aromatic heterocycles. The van der Waals surface area contributed by atoms with Crippen LogP contribution in [0.1, 0.15) is 36.8 Å². The lowest BCUT2D eigenvalue weighted by atomic mass is 10.1. The maximum absolute atomic E-state index is 9.92. The molecule has 0 aliphatic carbocycles. The van der Waals surface area contributed by atoms with Crippen molar-refractivity contribution in [3.63, 3.8) is 0 Å². The van der Waals surface area contributed by atoms with Gasteiger partial charge in [0.1, 0.15) is 0 Å². The van der Waals surface area contributed by atoms with Crippen LogP contribution in [0.2, 0.25) is 20.1 Å². The summed E-state index contributed by atoms with van der Waals surface area (Å²) in [6.07, 6.45) is 1.72. The zero-order valence-corrected chi connectivity index (χ0v) is 17.7. The number of aliphatic hydroxyl groups excluding tert-OH is 2. The van der Waals surface area contributed by atoms with Crippen molar-refractivity contribution in [2.75, 3.05) is 0 Å². The van der Waals surface area contributed by atoms with Gasteiger partial charge in [0.2, 0.25) is 0 Å². The Balaban J connectivity index is 1.63. The molecule has 2 aromatic rings. The van der Waals surface area contributed by atoms with Crippen LogP contribution < -0.4 is 0 Å². The first-order valence-electron chi connectivity index (χ1n) is 8.74. The normalized spacial score (nSPS) is 13.6. The van der Waals surface area contributed by atoms with Crippen LogP contribution in [0.25, 0.3) is 0 Å². The molecule has 0 fully saturated rings. The molecular weight excluding hydrogens is 430 g/mol. The average molecular weight is 452 g/mol. The molecule has 2 N–H and O–H groups in total. The zero-order valence-electron chi connectivity index (χ0n) is 14.7. The highest BCUT2D eigenvalue weighted by molar-refractivity contribution is 6.42. The van der Waals surface area contributed by atoms with Gasteiger partial charge in [0.15, 0.2) is 12.6 Å². The molecule has 0 aliphatic heterocycles. The summed E-state index contributed by atoms with van der Waals surface area (Å²) < 4.78 is 5.23. The van der Waals surface area contributed by atoms with Gasteiger partial charge in [-0.25, -0.2) is 0 Å². The van der Waals surface area contributed by atoms with Crippen LogP contribution in [0.4, 0.5) is 0 Å². The highest BCUT2D eigenvalue weighted by atomic mass is 35.5. The SMILES string of the molecule is OC(CCCc1ccc(Cl)c(Cl)c1)OC(O)CCCc1ccc(Cl)c(Cl)c1. The summed E-state index contributed by atoms with van der Waals surface area (Å²) >= 11 is 23.7. The molecule has 2 atom stereocenters. The molecule has 2 aromatic carbocycles. The fraction of sp³-hybridized carbons (Fsp3) is 0.400. The Hall–Kier alpha value is -0.520. The van der Waals surface area contributed by atoms with Gasteiger partial charge < -0.3 is 14.9 Å². The number of halogens is 4. The van der Waals surface area contributed by atoms with Gasteiger partial charge in [-0.1, -0.05) is 58.5 Å². The second kappa shape index (κ2) is 11.5. The fourth-order valence-corrected chi connectivity index (χ4v) is 3.31. The number of aliphatic hydroxyl groups is 2. The molecule has 27 heavy (non-hydrogen) atoms. The van der Waals surface area contributed by atoms with Gasteiger partial charge in [0, 0.05) is 0 Å². The summed E-state index contributed by atoms with van der Waals surface area (Å²) in [7, 11) is 0. The number of ether oxygens (including phenoxy) is 1. The number of hydrogen-bond acceptors (Lipinski definition) is 3. The Bertz CT molecular complexity index is 678.